The summed E-state index contributed by atoms with van der Waals surface area (Å²) in [7, 11) is 0. The third-order valence-corrected chi connectivity index (χ3v) is 2.85. The first-order chi connectivity index (χ1) is 7.66. The number of rotatable bonds is 4. The molecule has 0 fully saturated rings. The summed E-state index contributed by atoms with van der Waals surface area (Å²) < 4.78 is 5.20. The van der Waals surface area contributed by atoms with E-state index in [1.165, 1.54) is 6.07 Å². The van der Waals surface area contributed by atoms with Crippen molar-refractivity contribution in [3.8, 4) is 0 Å². The minimum absolute atomic E-state index is 0.0334. The monoisotopic (exact) mass is 237 g/mol. The van der Waals surface area contributed by atoms with E-state index in [-0.39, 0.29) is 11.8 Å². The molecule has 16 heavy (non-hydrogen) atoms. The molecule has 2 aromatic heterocycles. The third-order valence-electron chi connectivity index (χ3n) is 2.17. The van der Waals surface area contributed by atoms with Crippen LogP contribution in [0.2, 0.25) is 0 Å². The molecule has 5 heteroatoms. The number of carboxylic acid groups (broad SMARTS) is 1. The molecule has 2 heterocycles. The summed E-state index contributed by atoms with van der Waals surface area (Å²) in [4.78, 5) is 10.6. The predicted octanol–water partition coefficient (Wildman–Crippen LogP) is 3.21. The van der Waals surface area contributed by atoms with Crippen LogP contribution in [0, 0.1) is 0 Å². The maximum Gasteiger partial charge on any atom is 0.371 e. The molecule has 0 aliphatic heterocycles. The van der Waals surface area contributed by atoms with E-state index in [1.807, 2.05) is 23.8 Å². The number of carbonyl (C=O) groups is 1. The SMILES string of the molecule is CC(Nc1ccsc1)c1ccc(C(=O)O)o1. The first-order valence-corrected chi connectivity index (χ1v) is 5.73. The van der Waals surface area contributed by atoms with Gasteiger partial charge in [0.05, 0.1) is 6.04 Å². The van der Waals surface area contributed by atoms with E-state index in [9.17, 15) is 4.79 Å². The van der Waals surface area contributed by atoms with Crippen LogP contribution in [0.3, 0.4) is 0 Å². The Morgan fingerprint density at radius 3 is 2.88 bits per heavy atom. The molecule has 1 atom stereocenters. The second kappa shape index (κ2) is 4.40. The van der Waals surface area contributed by atoms with E-state index in [0.717, 1.165) is 5.69 Å². The highest BCUT2D eigenvalue weighted by atomic mass is 32.1. The van der Waals surface area contributed by atoms with Crippen molar-refractivity contribution >= 4 is 23.0 Å². The normalized spacial score (nSPS) is 12.3. The van der Waals surface area contributed by atoms with Crippen LogP contribution < -0.4 is 5.32 Å². The zero-order chi connectivity index (χ0) is 11.5. The summed E-state index contributed by atoms with van der Waals surface area (Å²) in [6.45, 7) is 1.92. The first kappa shape index (κ1) is 10.8. The Kier molecular flexibility index (Phi) is 2.96. The Morgan fingerprint density at radius 1 is 1.50 bits per heavy atom. The van der Waals surface area contributed by atoms with Gasteiger partial charge in [-0.05, 0) is 30.5 Å². The Labute approximate surface area is 96.5 Å². The topological polar surface area (TPSA) is 62.5 Å². The first-order valence-electron chi connectivity index (χ1n) is 4.78. The van der Waals surface area contributed by atoms with E-state index in [4.69, 9.17) is 9.52 Å². The van der Waals surface area contributed by atoms with E-state index in [0.29, 0.717) is 5.76 Å². The zero-order valence-corrected chi connectivity index (χ0v) is 9.45. The summed E-state index contributed by atoms with van der Waals surface area (Å²) in [6, 6.07) is 5.04. The molecule has 0 radical (unpaired) electrons. The largest absolute Gasteiger partial charge is 0.475 e. The molecule has 0 saturated carbocycles. The van der Waals surface area contributed by atoms with Gasteiger partial charge in [0, 0.05) is 11.1 Å². The molecule has 2 rings (SSSR count). The lowest BCUT2D eigenvalue weighted by molar-refractivity contribution is 0.0660. The molecule has 0 spiro atoms. The second-order valence-corrected chi connectivity index (χ2v) is 4.17. The molecular weight excluding hydrogens is 226 g/mol. The van der Waals surface area contributed by atoms with Crippen molar-refractivity contribution in [1.29, 1.82) is 0 Å². The van der Waals surface area contributed by atoms with Crippen LogP contribution in [0.25, 0.3) is 0 Å². The maximum absolute atomic E-state index is 10.6. The van der Waals surface area contributed by atoms with Crippen LogP contribution in [0.5, 0.6) is 0 Å². The van der Waals surface area contributed by atoms with Gasteiger partial charge in [-0.2, -0.15) is 11.3 Å². The quantitative estimate of drug-likeness (QED) is 0.857. The summed E-state index contributed by atoms with van der Waals surface area (Å²) in [5.41, 5.74) is 1.01. The van der Waals surface area contributed by atoms with Crippen molar-refractivity contribution in [3.63, 3.8) is 0 Å². The molecule has 4 nitrogen and oxygen atoms in total. The molecule has 2 N–H and O–H groups in total. The Balaban J connectivity index is 2.08. The zero-order valence-electron chi connectivity index (χ0n) is 8.64. The third kappa shape index (κ3) is 2.25. The van der Waals surface area contributed by atoms with Crippen LogP contribution in [0.1, 0.15) is 29.3 Å². The number of aromatic carboxylic acids is 1. The number of anilines is 1. The van der Waals surface area contributed by atoms with Crippen molar-refractivity contribution in [3.05, 3.63) is 40.5 Å². The summed E-state index contributed by atoms with van der Waals surface area (Å²) in [6.07, 6.45) is 0. The molecule has 1 unspecified atom stereocenters. The highest BCUT2D eigenvalue weighted by molar-refractivity contribution is 7.08. The molecule has 2 aromatic rings. The fourth-order valence-corrected chi connectivity index (χ4v) is 1.97. The van der Waals surface area contributed by atoms with Crippen molar-refractivity contribution < 1.29 is 14.3 Å². The standard InChI is InChI=1S/C11H11NO3S/c1-7(12-8-4-5-16-6-8)9-2-3-10(15-9)11(13)14/h2-7,12H,1H3,(H,13,14). The summed E-state index contributed by atoms with van der Waals surface area (Å²) in [5, 5.41) is 15.9. The molecule has 0 aliphatic carbocycles. The molecule has 0 aromatic carbocycles. The number of carboxylic acids is 1. The maximum atomic E-state index is 10.6. The van der Waals surface area contributed by atoms with Gasteiger partial charge in [0.25, 0.3) is 0 Å². The highest BCUT2D eigenvalue weighted by Gasteiger charge is 2.13. The predicted molar refractivity (Wildman–Crippen MR) is 62.0 cm³/mol. The minimum Gasteiger partial charge on any atom is -0.475 e. The van der Waals surface area contributed by atoms with Crippen molar-refractivity contribution in [2.45, 2.75) is 13.0 Å². The number of hydrogen-bond donors (Lipinski definition) is 2. The van der Waals surface area contributed by atoms with Gasteiger partial charge in [-0.1, -0.05) is 0 Å². The lowest BCUT2D eigenvalue weighted by Crippen LogP contribution is -2.04. The van der Waals surface area contributed by atoms with Gasteiger partial charge in [-0.15, -0.1) is 0 Å². The van der Waals surface area contributed by atoms with Crippen LogP contribution in [-0.4, -0.2) is 11.1 Å². The van der Waals surface area contributed by atoms with Gasteiger partial charge in [0.1, 0.15) is 5.76 Å². The van der Waals surface area contributed by atoms with Crippen molar-refractivity contribution in [1.82, 2.24) is 0 Å². The van der Waals surface area contributed by atoms with Crippen LogP contribution in [-0.2, 0) is 0 Å². The molecular formula is C11H11NO3S. The lowest BCUT2D eigenvalue weighted by atomic mass is 10.2. The highest BCUT2D eigenvalue weighted by Crippen LogP contribution is 2.22. The van der Waals surface area contributed by atoms with Crippen LogP contribution in [0.15, 0.2) is 33.4 Å². The average Bonchev–Trinajstić information content (AvgIpc) is 2.86. The summed E-state index contributed by atoms with van der Waals surface area (Å²) in [5.74, 6) is -0.466. The number of nitrogens with one attached hydrogen (secondary N) is 1. The van der Waals surface area contributed by atoms with Crippen molar-refractivity contribution in [2.75, 3.05) is 5.32 Å². The van der Waals surface area contributed by atoms with Gasteiger partial charge in [-0.3, -0.25) is 0 Å². The van der Waals surface area contributed by atoms with Gasteiger partial charge < -0.3 is 14.8 Å². The molecule has 0 amide bonds. The van der Waals surface area contributed by atoms with Gasteiger partial charge in [0.15, 0.2) is 0 Å². The molecule has 0 bridgehead atoms. The van der Waals surface area contributed by atoms with Crippen molar-refractivity contribution in [2.24, 2.45) is 0 Å². The minimum atomic E-state index is -1.05. The van der Waals surface area contributed by atoms with E-state index >= 15 is 0 Å². The molecule has 84 valence electrons. The Bertz CT molecular complexity index is 475. The van der Waals surface area contributed by atoms with E-state index < -0.39 is 5.97 Å². The van der Waals surface area contributed by atoms with E-state index in [2.05, 4.69) is 5.32 Å². The number of furan rings is 1. The van der Waals surface area contributed by atoms with Crippen LogP contribution >= 0.6 is 11.3 Å². The Hall–Kier alpha value is -1.75. The molecule has 0 saturated heterocycles. The number of hydrogen-bond acceptors (Lipinski definition) is 4. The van der Waals surface area contributed by atoms with Crippen LogP contribution in [0.4, 0.5) is 5.69 Å². The summed E-state index contributed by atoms with van der Waals surface area (Å²) >= 11 is 1.60. The smallest absolute Gasteiger partial charge is 0.371 e. The fourth-order valence-electron chi connectivity index (χ4n) is 1.37. The second-order valence-electron chi connectivity index (χ2n) is 3.39. The van der Waals surface area contributed by atoms with E-state index in [1.54, 1.807) is 17.4 Å². The average molecular weight is 237 g/mol. The van der Waals surface area contributed by atoms with Gasteiger partial charge in [-0.25, -0.2) is 4.79 Å². The fraction of sp³-hybridized carbons (Fsp3) is 0.182. The van der Waals surface area contributed by atoms with Gasteiger partial charge >= 0.3 is 5.97 Å². The Morgan fingerprint density at radius 2 is 2.31 bits per heavy atom. The molecule has 0 aliphatic rings. The lowest BCUT2D eigenvalue weighted by Gasteiger charge is -2.10. The number of thiophene rings is 1. The van der Waals surface area contributed by atoms with Gasteiger partial charge in [0.2, 0.25) is 5.76 Å².